The summed E-state index contributed by atoms with van der Waals surface area (Å²) >= 11 is 0. The molecule has 2 heterocycles. The molecule has 1 aromatic heterocycles. The zero-order chi connectivity index (χ0) is 22.0. The van der Waals surface area contributed by atoms with Gasteiger partial charge in [-0.1, -0.05) is 47.1 Å². The Hall–Kier alpha value is -3.87. The summed E-state index contributed by atoms with van der Waals surface area (Å²) in [6.07, 6.45) is 1.68. The Morgan fingerprint density at radius 1 is 1.23 bits per heavy atom. The fourth-order valence-electron chi connectivity index (χ4n) is 3.69. The van der Waals surface area contributed by atoms with Crippen molar-refractivity contribution in [1.29, 1.82) is 0 Å². The lowest BCUT2D eigenvalue weighted by Crippen LogP contribution is -2.46. The number of hydrogen-bond donors (Lipinski definition) is 1. The van der Waals surface area contributed by atoms with Gasteiger partial charge in [0.2, 0.25) is 5.82 Å². The Morgan fingerprint density at radius 2 is 2.00 bits per heavy atom. The zero-order valence-electron chi connectivity index (χ0n) is 17.8. The molecular weight excluding hydrogens is 392 g/mol. The highest BCUT2D eigenvalue weighted by molar-refractivity contribution is 5.87. The van der Waals surface area contributed by atoms with Gasteiger partial charge in [-0.3, -0.25) is 4.90 Å². The maximum Gasteiger partial charge on any atom is 0.322 e. The molecule has 1 N–H and O–H groups in total. The number of hydrogen-bond acceptors (Lipinski definition) is 5. The summed E-state index contributed by atoms with van der Waals surface area (Å²) in [6.45, 7) is 8.02. The van der Waals surface area contributed by atoms with E-state index < -0.39 is 6.04 Å². The molecule has 31 heavy (non-hydrogen) atoms. The van der Waals surface area contributed by atoms with E-state index in [1.807, 2.05) is 62.4 Å². The average Bonchev–Trinajstić information content (AvgIpc) is 3.26. The summed E-state index contributed by atoms with van der Waals surface area (Å²) in [4.78, 5) is 19.1. The molecule has 1 aliphatic heterocycles. The standard InChI is InChI=1S/C24H24N4O3/c1-5-13-28-16(3)20(21(25-24(28)29)17-9-11-19(30-4)12-10-17)23-26-22(27-31-23)18-8-6-7-15(2)14-18/h5-12,14,21H,1,13H2,2-4H3,(H,25,29). The number of ether oxygens (including phenoxy) is 1. The van der Waals surface area contributed by atoms with Crippen LogP contribution in [0.25, 0.3) is 17.0 Å². The molecule has 7 nitrogen and oxygen atoms in total. The molecule has 2 amide bonds. The van der Waals surface area contributed by atoms with Gasteiger partial charge in [0, 0.05) is 17.8 Å². The van der Waals surface area contributed by atoms with E-state index in [1.54, 1.807) is 18.1 Å². The molecule has 0 bridgehead atoms. The summed E-state index contributed by atoms with van der Waals surface area (Å²) in [5.74, 6) is 1.60. The van der Waals surface area contributed by atoms with Crippen LogP contribution in [0.3, 0.4) is 0 Å². The molecule has 4 rings (SSSR count). The van der Waals surface area contributed by atoms with Crippen LogP contribution in [0.4, 0.5) is 4.79 Å². The first-order valence-electron chi connectivity index (χ1n) is 9.96. The number of nitrogens with one attached hydrogen (secondary N) is 1. The average molecular weight is 416 g/mol. The largest absolute Gasteiger partial charge is 0.497 e. The first-order chi connectivity index (χ1) is 15.0. The van der Waals surface area contributed by atoms with Crippen molar-refractivity contribution in [1.82, 2.24) is 20.4 Å². The van der Waals surface area contributed by atoms with Crippen molar-refractivity contribution in [2.45, 2.75) is 19.9 Å². The molecule has 1 aliphatic rings. The minimum atomic E-state index is -0.440. The minimum absolute atomic E-state index is 0.208. The van der Waals surface area contributed by atoms with Gasteiger partial charge in [-0.2, -0.15) is 4.98 Å². The van der Waals surface area contributed by atoms with Crippen LogP contribution in [0.15, 0.2) is 71.4 Å². The van der Waals surface area contributed by atoms with E-state index in [2.05, 4.69) is 22.0 Å². The van der Waals surface area contributed by atoms with Gasteiger partial charge in [-0.15, -0.1) is 6.58 Å². The van der Waals surface area contributed by atoms with Crippen LogP contribution in [0.5, 0.6) is 5.75 Å². The lowest BCUT2D eigenvalue weighted by molar-refractivity contribution is 0.209. The molecule has 0 radical (unpaired) electrons. The van der Waals surface area contributed by atoms with Crippen LogP contribution in [0.2, 0.25) is 0 Å². The topological polar surface area (TPSA) is 80.5 Å². The number of aromatic nitrogens is 2. The van der Waals surface area contributed by atoms with E-state index in [-0.39, 0.29) is 6.03 Å². The molecule has 3 aromatic rings. The van der Waals surface area contributed by atoms with E-state index >= 15 is 0 Å². The maximum atomic E-state index is 12.8. The number of methoxy groups -OCH3 is 1. The van der Waals surface area contributed by atoms with Crippen molar-refractivity contribution in [2.75, 3.05) is 13.7 Å². The molecule has 2 aromatic carbocycles. The number of urea groups is 1. The summed E-state index contributed by atoms with van der Waals surface area (Å²) in [5, 5.41) is 7.25. The number of aryl methyl sites for hydroxylation is 1. The van der Waals surface area contributed by atoms with Crippen molar-refractivity contribution >= 4 is 11.6 Å². The molecule has 0 saturated heterocycles. The van der Waals surface area contributed by atoms with Crippen LogP contribution in [0, 0.1) is 6.92 Å². The number of nitrogens with zero attached hydrogens (tertiary/aromatic N) is 3. The maximum absolute atomic E-state index is 12.8. The van der Waals surface area contributed by atoms with E-state index in [1.165, 1.54) is 0 Å². The SMILES string of the molecule is C=CCN1C(=O)NC(c2ccc(OC)cc2)C(c2nc(-c3cccc(C)c3)no2)=C1C. The number of rotatable bonds is 6. The monoisotopic (exact) mass is 416 g/mol. The molecular formula is C24H24N4O3. The Bertz CT molecular complexity index is 1150. The molecule has 0 spiro atoms. The highest BCUT2D eigenvalue weighted by Gasteiger charge is 2.35. The van der Waals surface area contributed by atoms with Crippen molar-refractivity contribution in [2.24, 2.45) is 0 Å². The fraction of sp³-hybridized carbons (Fsp3) is 0.208. The van der Waals surface area contributed by atoms with E-state index in [0.29, 0.717) is 18.3 Å². The Morgan fingerprint density at radius 3 is 2.68 bits per heavy atom. The van der Waals surface area contributed by atoms with Crippen LogP contribution in [-0.2, 0) is 0 Å². The van der Waals surface area contributed by atoms with Gasteiger partial charge in [0.25, 0.3) is 5.89 Å². The first-order valence-corrected chi connectivity index (χ1v) is 9.96. The number of carbonyl (C=O) groups is 1. The second-order valence-electron chi connectivity index (χ2n) is 7.35. The van der Waals surface area contributed by atoms with E-state index in [4.69, 9.17) is 9.26 Å². The Balaban J connectivity index is 1.81. The third kappa shape index (κ3) is 3.94. The van der Waals surface area contributed by atoms with Crippen molar-refractivity contribution in [3.05, 3.63) is 83.9 Å². The lowest BCUT2D eigenvalue weighted by Gasteiger charge is -2.34. The molecule has 0 fully saturated rings. The molecule has 0 saturated carbocycles. The van der Waals surface area contributed by atoms with Gasteiger partial charge in [0.1, 0.15) is 5.75 Å². The first kappa shape index (κ1) is 20.4. The normalized spacial score (nSPS) is 16.3. The van der Waals surface area contributed by atoms with Crippen molar-refractivity contribution in [3.8, 4) is 17.1 Å². The molecule has 158 valence electrons. The second kappa shape index (κ2) is 8.47. The summed E-state index contributed by atoms with van der Waals surface area (Å²) in [7, 11) is 1.62. The Labute approximate surface area is 181 Å². The zero-order valence-corrected chi connectivity index (χ0v) is 17.8. The third-order valence-corrected chi connectivity index (χ3v) is 5.29. The highest BCUT2D eigenvalue weighted by Crippen LogP contribution is 2.37. The van der Waals surface area contributed by atoms with Crippen LogP contribution in [0.1, 0.15) is 30.0 Å². The molecule has 0 aliphatic carbocycles. The van der Waals surface area contributed by atoms with E-state index in [0.717, 1.165) is 33.7 Å². The van der Waals surface area contributed by atoms with Crippen LogP contribution < -0.4 is 10.1 Å². The minimum Gasteiger partial charge on any atom is -0.497 e. The summed E-state index contributed by atoms with van der Waals surface area (Å²) in [5.41, 5.74) is 4.36. The van der Waals surface area contributed by atoms with Gasteiger partial charge in [-0.25, -0.2) is 4.79 Å². The number of benzene rings is 2. The molecule has 7 heteroatoms. The molecule has 1 atom stereocenters. The number of amides is 2. The quantitative estimate of drug-likeness (QED) is 0.587. The fourth-order valence-corrected chi connectivity index (χ4v) is 3.69. The van der Waals surface area contributed by atoms with Gasteiger partial charge in [-0.05, 0) is 37.6 Å². The van der Waals surface area contributed by atoms with Crippen LogP contribution in [-0.4, -0.2) is 34.7 Å². The second-order valence-corrected chi connectivity index (χ2v) is 7.35. The van der Waals surface area contributed by atoms with Crippen LogP contribution >= 0.6 is 0 Å². The van der Waals surface area contributed by atoms with Crippen molar-refractivity contribution in [3.63, 3.8) is 0 Å². The summed E-state index contributed by atoms with van der Waals surface area (Å²) in [6, 6.07) is 14.8. The van der Waals surface area contributed by atoms with E-state index in [9.17, 15) is 4.79 Å². The van der Waals surface area contributed by atoms with Gasteiger partial charge in [0.15, 0.2) is 0 Å². The smallest absolute Gasteiger partial charge is 0.322 e. The predicted molar refractivity (Wildman–Crippen MR) is 118 cm³/mol. The lowest BCUT2D eigenvalue weighted by atomic mass is 9.94. The Kier molecular flexibility index (Phi) is 5.58. The highest BCUT2D eigenvalue weighted by atomic mass is 16.5. The third-order valence-electron chi connectivity index (χ3n) is 5.29. The van der Waals surface area contributed by atoms with Gasteiger partial charge < -0.3 is 14.6 Å². The predicted octanol–water partition coefficient (Wildman–Crippen LogP) is 4.74. The van der Waals surface area contributed by atoms with Crippen molar-refractivity contribution < 1.29 is 14.1 Å². The van der Waals surface area contributed by atoms with Gasteiger partial charge >= 0.3 is 6.03 Å². The summed E-state index contributed by atoms with van der Waals surface area (Å²) < 4.78 is 10.9. The number of allylic oxidation sites excluding steroid dienone is 1. The molecule has 1 unspecified atom stereocenters. The van der Waals surface area contributed by atoms with Gasteiger partial charge in [0.05, 0.1) is 18.7 Å². The number of carbonyl (C=O) groups excluding carboxylic acids is 1.